The fourth-order valence-electron chi connectivity index (χ4n) is 10.1. The molecule has 0 bridgehead atoms. The van der Waals surface area contributed by atoms with E-state index in [-0.39, 0.29) is 54.6 Å². The SMILES string of the molecule is COc1ccc2c(c1)CN1Cc3cc(OC)c(OCCCOc4cc5c(cc4OC)C(=O)N4C=C(c6ccc(NC(=O)[C@H](C)NC(=O)[C@@H](NC(=O)CCCCCN7C(=O)C=CC7=O)C(C)C)cc6)C[C@H]4C=N5)cc3N=C[C@@H]1C2. The topological polar surface area (TPSA) is 219 Å². The highest BCUT2D eigenvalue weighted by Gasteiger charge is 2.35. The third-order valence-corrected chi connectivity index (χ3v) is 14.6. The molecule has 0 saturated heterocycles. The number of hydrogen-bond acceptors (Lipinski definition) is 14. The number of nitrogens with zero attached hydrogens (tertiary/aromatic N) is 5. The first-order valence-corrected chi connectivity index (χ1v) is 26.4. The van der Waals surface area contributed by atoms with Gasteiger partial charge in [-0.05, 0) is 96.3 Å². The molecule has 0 unspecified atom stereocenters. The number of methoxy groups -OCH3 is 3. The Labute approximate surface area is 453 Å². The number of rotatable bonds is 22. The van der Waals surface area contributed by atoms with Crippen LogP contribution in [-0.4, -0.2) is 128 Å². The summed E-state index contributed by atoms with van der Waals surface area (Å²) in [4.78, 5) is 91.8. The molecule has 5 aliphatic rings. The monoisotopic (exact) mass is 1060 g/mol. The van der Waals surface area contributed by atoms with Gasteiger partial charge in [0.05, 0.1) is 57.5 Å². The van der Waals surface area contributed by atoms with E-state index >= 15 is 0 Å². The molecule has 5 heterocycles. The number of anilines is 1. The van der Waals surface area contributed by atoms with Crippen molar-refractivity contribution in [1.29, 1.82) is 0 Å². The number of carbonyl (C=O) groups is 6. The summed E-state index contributed by atoms with van der Waals surface area (Å²) in [7, 11) is 4.85. The average molecular weight is 1060 g/mol. The van der Waals surface area contributed by atoms with Crippen molar-refractivity contribution in [1.82, 2.24) is 25.3 Å². The van der Waals surface area contributed by atoms with Crippen LogP contribution < -0.4 is 39.6 Å². The molecule has 3 N–H and O–H groups in total. The second-order valence-corrected chi connectivity index (χ2v) is 20.3. The van der Waals surface area contributed by atoms with Gasteiger partial charge in [0.1, 0.15) is 17.8 Å². The third-order valence-electron chi connectivity index (χ3n) is 14.6. The van der Waals surface area contributed by atoms with Crippen LogP contribution in [0, 0.1) is 5.92 Å². The van der Waals surface area contributed by atoms with Crippen LogP contribution in [0.5, 0.6) is 28.7 Å². The highest BCUT2D eigenvalue weighted by atomic mass is 16.5. The first-order chi connectivity index (χ1) is 37.7. The Morgan fingerprint density at radius 2 is 1.35 bits per heavy atom. The molecule has 4 aromatic rings. The molecule has 0 spiro atoms. The Bertz CT molecular complexity index is 3080. The van der Waals surface area contributed by atoms with Gasteiger partial charge in [-0.3, -0.25) is 48.6 Å². The Morgan fingerprint density at radius 3 is 2.05 bits per heavy atom. The van der Waals surface area contributed by atoms with Crippen molar-refractivity contribution in [3.05, 3.63) is 113 Å². The highest BCUT2D eigenvalue weighted by Crippen LogP contribution is 2.41. The van der Waals surface area contributed by atoms with E-state index in [1.807, 2.05) is 42.7 Å². The van der Waals surface area contributed by atoms with Gasteiger partial charge in [0.25, 0.3) is 17.7 Å². The Kier molecular flexibility index (Phi) is 17.0. The van der Waals surface area contributed by atoms with Crippen molar-refractivity contribution in [2.75, 3.05) is 46.4 Å². The summed E-state index contributed by atoms with van der Waals surface area (Å²) in [5.74, 6) is 0.543. The van der Waals surface area contributed by atoms with Gasteiger partial charge >= 0.3 is 0 Å². The molecule has 19 nitrogen and oxygen atoms in total. The van der Waals surface area contributed by atoms with E-state index in [4.69, 9.17) is 33.7 Å². The number of ether oxygens (including phenoxy) is 5. The van der Waals surface area contributed by atoms with E-state index in [2.05, 4.69) is 33.0 Å². The Morgan fingerprint density at radius 1 is 0.667 bits per heavy atom. The molecule has 9 rings (SSSR count). The summed E-state index contributed by atoms with van der Waals surface area (Å²) < 4.78 is 29.4. The minimum absolute atomic E-state index is 0.169. The average Bonchev–Trinajstić information content (AvgIpc) is 4.07. The van der Waals surface area contributed by atoms with Crippen LogP contribution >= 0.6 is 0 Å². The number of fused-ring (bicyclic) bond motifs is 5. The van der Waals surface area contributed by atoms with Crippen molar-refractivity contribution in [3.8, 4) is 28.7 Å². The zero-order valence-electron chi connectivity index (χ0n) is 44.8. The standard InChI is InChI=1S/C59H66N8O11/c1-35(2)56(64-53(68)11-8-7-9-20-66-54(69)18-19-55(66)70)58(72)62-36(3)57(71)63-42-15-12-37(13-16-42)39-24-44-31-61-48-29-52(50(76-6)27-46(48)59(73)67(44)34-39)78-22-10-21-77-51-28-47-41(26-49(51)75-5)33-65-32-40-25-45(74-4)17-14-38(40)23-43(65)30-60-47/h12-19,25-31,34-36,43-44,56H,7-11,20-24,32-33H2,1-6H3,(H,62,72)(H,63,71)(H,64,68)/t36-,43-,44-,56-/m0/s1. The molecule has 78 heavy (non-hydrogen) atoms. The Balaban J connectivity index is 0.737. The van der Waals surface area contributed by atoms with Gasteiger partial charge in [-0.25, -0.2) is 0 Å². The smallest absolute Gasteiger partial charge is 0.260 e. The second-order valence-electron chi connectivity index (χ2n) is 20.3. The van der Waals surface area contributed by atoms with Gasteiger partial charge in [0.15, 0.2) is 23.0 Å². The van der Waals surface area contributed by atoms with E-state index in [9.17, 15) is 28.8 Å². The highest BCUT2D eigenvalue weighted by molar-refractivity contribution is 6.13. The molecule has 0 radical (unpaired) electrons. The van der Waals surface area contributed by atoms with Crippen molar-refractivity contribution in [3.63, 3.8) is 0 Å². The van der Waals surface area contributed by atoms with Crippen molar-refractivity contribution >= 4 is 70.5 Å². The zero-order chi connectivity index (χ0) is 55.0. The first-order valence-electron chi connectivity index (χ1n) is 26.4. The first kappa shape index (κ1) is 54.5. The van der Waals surface area contributed by atoms with Gasteiger partial charge < -0.3 is 44.5 Å². The zero-order valence-corrected chi connectivity index (χ0v) is 44.8. The summed E-state index contributed by atoms with van der Waals surface area (Å²) in [6, 6.07) is 18.9. The van der Waals surface area contributed by atoms with E-state index in [1.165, 1.54) is 35.3 Å². The minimum Gasteiger partial charge on any atom is -0.497 e. The van der Waals surface area contributed by atoms with Crippen molar-refractivity contribution < 1.29 is 52.5 Å². The molecule has 0 fully saturated rings. The number of benzene rings is 4. The predicted molar refractivity (Wildman–Crippen MR) is 294 cm³/mol. The summed E-state index contributed by atoms with van der Waals surface area (Å²) in [5, 5.41) is 8.36. The molecule has 408 valence electrons. The van der Waals surface area contributed by atoms with Crippen molar-refractivity contribution in [2.24, 2.45) is 15.9 Å². The molecular weight excluding hydrogens is 997 g/mol. The molecule has 6 amide bonds. The molecule has 19 heteroatoms. The quantitative estimate of drug-likeness (QED) is 0.0524. The van der Waals surface area contributed by atoms with Crippen LogP contribution in [0.2, 0.25) is 0 Å². The lowest BCUT2D eigenvalue weighted by atomic mass is 9.94. The van der Waals surface area contributed by atoms with Crippen LogP contribution in [0.4, 0.5) is 17.1 Å². The van der Waals surface area contributed by atoms with E-state index < -0.39 is 23.9 Å². The lowest BCUT2D eigenvalue weighted by molar-refractivity contribution is -0.137. The number of amides is 6. The molecule has 5 aliphatic heterocycles. The van der Waals surface area contributed by atoms with Gasteiger partial charge in [-0.15, -0.1) is 0 Å². The van der Waals surface area contributed by atoms with Crippen molar-refractivity contribution in [2.45, 2.75) is 103 Å². The molecule has 0 aliphatic carbocycles. The fraction of sp³-hybridized carbons (Fsp3) is 0.390. The molecule has 4 atom stereocenters. The molecule has 4 aromatic carbocycles. The van der Waals surface area contributed by atoms with Gasteiger partial charge in [-0.2, -0.15) is 0 Å². The van der Waals surface area contributed by atoms with Crippen LogP contribution in [0.15, 0.2) is 95.1 Å². The van der Waals surface area contributed by atoms with E-state index in [0.29, 0.717) is 85.3 Å². The minimum atomic E-state index is -0.916. The number of imide groups is 1. The number of aliphatic imine (C=N–C) groups is 2. The number of nitrogens with one attached hydrogen (secondary N) is 3. The van der Waals surface area contributed by atoms with Gasteiger partial charge in [0.2, 0.25) is 17.7 Å². The number of carbonyl (C=O) groups excluding carboxylic acids is 6. The normalized spacial score (nSPS) is 17.9. The maximum Gasteiger partial charge on any atom is 0.260 e. The molecule has 0 aromatic heterocycles. The number of unbranched alkanes of at least 4 members (excludes halogenated alkanes) is 2. The maximum absolute atomic E-state index is 14.1. The second kappa shape index (κ2) is 24.3. The number of hydrogen-bond donors (Lipinski definition) is 3. The Hall–Kier alpha value is -8.32. The summed E-state index contributed by atoms with van der Waals surface area (Å²) in [6.45, 7) is 7.63. The largest absolute Gasteiger partial charge is 0.497 e. The van der Waals surface area contributed by atoms with Gasteiger partial charge in [0, 0.05) is 93.5 Å². The van der Waals surface area contributed by atoms with E-state index in [1.54, 1.807) is 70.4 Å². The van der Waals surface area contributed by atoms with Crippen LogP contribution in [0.3, 0.4) is 0 Å². The lowest BCUT2D eigenvalue weighted by Crippen LogP contribution is -2.53. The van der Waals surface area contributed by atoms with Gasteiger partial charge in [-0.1, -0.05) is 38.5 Å². The van der Waals surface area contributed by atoms with Crippen LogP contribution in [-0.2, 0) is 43.5 Å². The summed E-state index contributed by atoms with van der Waals surface area (Å²) in [6.07, 6.45) is 11.9. The summed E-state index contributed by atoms with van der Waals surface area (Å²) in [5.41, 5.74) is 7.60. The fourth-order valence-corrected chi connectivity index (χ4v) is 10.1. The molecule has 0 saturated carbocycles. The maximum atomic E-state index is 14.1. The summed E-state index contributed by atoms with van der Waals surface area (Å²) >= 11 is 0. The van der Waals surface area contributed by atoms with Crippen LogP contribution in [0.1, 0.15) is 91.9 Å². The third kappa shape index (κ3) is 12.4. The molecular formula is C59H66N8O11. The van der Waals surface area contributed by atoms with E-state index in [0.717, 1.165) is 47.6 Å². The van der Waals surface area contributed by atoms with Crippen LogP contribution in [0.25, 0.3) is 5.57 Å². The lowest BCUT2D eigenvalue weighted by Gasteiger charge is -2.34. The predicted octanol–water partition coefficient (Wildman–Crippen LogP) is 7.24.